The van der Waals surface area contributed by atoms with Gasteiger partial charge in [0.05, 0.1) is 12.7 Å². The number of aromatic amines is 1. The number of carbonyl (C=O) groups excluding carboxylic acids is 2. The summed E-state index contributed by atoms with van der Waals surface area (Å²) in [7, 11) is 1.20. The summed E-state index contributed by atoms with van der Waals surface area (Å²) in [6, 6.07) is 3.11. The van der Waals surface area contributed by atoms with Crippen LogP contribution in [0.4, 0.5) is 4.79 Å². The highest BCUT2D eigenvalue weighted by molar-refractivity contribution is 6.02. The number of hydrogen-bond donors (Lipinski definition) is 1. The van der Waals surface area contributed by atoms with Crippen molar-refractivity contribution in [1.82, 2.24) is 5.32 Å². The predicted molar refractivity (Wildman–Crippen MR) is 42.9 cm³/mol. The summed E-state index contributed by atoms with van der Waals surface area (Å²) in [6.07, 6.45) is 2.41. The first-order valence-corrected chi connectivity index (χ1v) is 3.59. The first-order chi connectivity index (χ1) is 6.24. The molecule has 0 fully saturated rings. The molecule has 1 heterocycles. The second-order valence-electron chi connectivity index (χ2n) is 2.23. The van der Waals surface area contributed by atoms with Gasteiger partial charge in [-0.2, -0.15) is 0 Å². The summed E-state index contributed by atoms with van der Waals surface area (Å²) in [5, 5.41) is 2.03. The average Bonchev–Trinajstić information content (AvgIpc) is 2.19. The highest BCUT2D eigenvalue weighted by Crippen LogP contribution is 1.93. The maximum Gasteiger partial charge on any atom is 0.413 e. The molecule has 0 aromatic carbocycles. The molecule has 2 amide bonds. The second-order valence-corrected chi connectivity index (χ2v) is 2.23. The molecule has 0 saturated carbocycles. The molecule has 0 radical (unpaired) electrons. The molecular formula is C8H9N2O3+. The fourth-order valence-corrected chi connectivity index (χ4v) is 0.754. The van der Waals surface area contributed by atoms with Crippen molar-refractivity contribution >= 4 is 12.0 Å². The number of aromatic nitrogens is 1. The van der Waals surface area contributed by atoms with Crippen molar-refractivity contribution in [2.24, 2.45) is 0 Å². The third kappa shape index (κ3) is 2.55. The monoisotopic (exact) mass is 181 g/mol. The van der Waals surface area contributed by atoms with Crippen LogP contribution in [0, 0.1) is 0 Å². The van der Waals surface area contributed by atoms with Gasteiger partial charge in [-0.1, -0.05) is 0 Å². The average molecular weight is 181 g/mol. The third-order valence-electron chi connectivity index (χ3n) is 1.38. The van der Waals surface area contributed by atoms with Gasteiger partial charge in [-0.25, -0.2) is 9.78 Å². The van der Waals surface area contributed by atoms with Gasteiger partial charge in [0.15, 0.2) is 12.4 Å². The fraction of sp³-hybridized carbons (Fsp3) is 0.125. The Morgan fingerprint density at radius 2 is 2.00 bits per heavy atom. The predicted octanol–water partition coefficient (Wildman–Crippen LogP) is -0.00310. The number of nitrogens with one attached hydrogen (secondary N) is 2. The molecule has 0 bridgehead atoms. The van der Waals surface area contributed by atoms with Crippen molar-refractivity contribution in [3.8, 4) is 0 Å². The lowest BCUT2D eigenvalue weighted by Gasteiger charge is -1.99. The summed E-state index contributed by atoms with van der Waals surface area (Å²) in [4.78, 5) is 24.6. The van der Waals surface area contributed by atoms with Crippen LogP contribution in [-0.2, 0) is 4.74 Å². The van der Waals surface area contributed by atoms with Crippen LogP contribution in [-0.4, -0.2) is 19.1 Å². The van der Waals surface area contributed by atoms with E-state index in [9.17, 15) is 9.59 Å². The molecule has 0 aliphatic rings. The van der Waals surface area contributed by atoms with E-state index < -0.39 is 12.0 Å². The molecule has 5 nitrogen and oxygen atoms in total. The van der Waals surface area contributed by atoms with Crippen LogP contribution >= 0.6 is 0 Å². The lowest BCUT2D eigenvalue weighted by molar-refractivity contribution is -0.378. The molecule has 0 spiro atoms. The lowest BCUT2D eigenvalue weighted by atomic mass is 10.2. The number of rotatable bonds is 1. The Hall–Kier alpha value is -1.91. The Kier molecular flexibility index (Phi) is 2.97. The Balaban J connectivity index is 2.65. The molecular weight excluding hydrogens is 172 g/mol. The Morgan fingerprint density at radius 1 is 1.38 bits per heavy atom. The minimum absolute atomic E-state index is 0.393. The summed E-state index contributed by atoms with van der Waals surface area (Å²) in [6.45, 7) is 0. The van der Waals surface area contributed by atoms with Crippen molar-refractivity contribution < 1.29 is 19.3 Å². The molecule has 68 valence electrons. The van der Waals surface area contributed by atoms with Gasteiger partial charge in [0.1, 0.15) is 0 Å². The minimum Gasteiger partial charge on any atom is -0.453 e. The first-order valence-electron chi connectivity index (χ1n) is 3.59. The van der Waals surface area contributed by atoms with E-state index in [1.165, 1.54) is 7.11 Å². The smallest absolute Gasteiger partial charge is 0.413 e. The number of amides is 2. The standard InChI is InChI=1S/C8H8N2O3/c1-13-8(12)10-7(11)6-2-4-9-5-3-6/h2-5H,1H3,(H,10,11,12)/p+1. The molecule has 0 aliphatic heterocycles. The highest BCUT2D eigenvalue weighted by Gasteiger charge is 2.09. The number of pyridine rings is 1. The number of hydrogen-bond acceptors (Lipinski definition) is 3. The van der Waals surface area contributed by atoms with E-state index in [0.717, 1.165) is 0 Å². The Bertz CT molecular complexity index is 310. The van der Waals surface area contributed by atoms with E-state index in [1.54, 1.807) is 24.5 Å². The third-order valence-corrected chi connectivity index (χ3v) is 1.38. The van der Waals surface area contributed by atoms with Crippen molar-refractivity contribution in [2.75, 3.05) is 7.11 Å². The van der Waals surface area contributed by atoms with Crippen LogP contribution in [0.1, 0.15) is 10.4 Å². The fourth-order valence-electron chi connectivity index (χ4n) is 0.754. The molecule has 0 unspecified atom stereocenters. The van der Waals surface area contributed by atoms with E-state index in [1.807, 2.05) is 5.32 Å². The van der Waals surface area contributed by atoms with Gasteiger partial charge in [-0.05, 0) is 0 Å². The van der Waals surface area contributed by atoms with Gasteiger partial charge in [-0.15, -0.1) is 0 Å². The Morgan fingerprint density at radius 3 is 2.54 bits per heavy atom. The molecule has 0 aliphatic carbocycles. The van der Waals surface area contributed by atoms with Crippen LogP contribution in [0.3, 0.4) is 0 Å². The van der Waals surface area contributed by atoms with Crippen molar-refractivity contribution in [2.45, 2.75) is 0 Å². The maximum absolute atomic E-state index is 11.2. The summed E-state index contributed by atoms with van der Waals surface area (Å²) < 4.78 is 4.26. The molecule has 0 saturated heterocycles. The van der Waals surface area contributed by atoms with Crippen LogP contribution < -0.4 is 10.3 Å². The van der Waals surface area contributed by atoms with E-state index in [-0.39, 0.29) is 0 Å². The van der Waals surface area contributed by atoms with Crippen LogP contribution in [0.5, 0.6) is 0 Å². The van der Waals surface area contributed by atoms with Crippen molar-refractivity contribution in [3.05, 3.63) is 30.1 Å². The summed E-state index contributed by atoms with van der Waals surface area (Å²) in [5.74, 6) is -0.485. The maximum atomic E-state index is 11.2. The number of H-pyrrole nitrogens is 1. The Labute approximate surface area is 74.7 Å². The van der Waals surface area contributed by atoms with Gasteiger partial charge in [0.25, 0.3) is 5.91 Å². The van der Waals surface area contributed by atoms with Gasteiger partial charge in [0.2, 0.25) is 0 Å². The van der Waals surface area contributed by atoms with Gasteiger partial charge < -0.3 is 4.74 Å². The SMILES string of the molecule is COC(=O)NC(=O)c1cc[nH+]cc1. The zero-order valence-electron chi connectivity index (χ0n) is 7.03. The zero-order chi connectivity index (χ0) is 9.68. The lowest BCUT2D eigenvalue weighted by Crippen LogP contribution is -2.30. The number of methoxy groups -OCH3 is 1. The van der Waals surface area contributed by atoms with Gasteiger partial charge in [-0.3, -0.25) is 10.1 Å². The second kappa shape index (κ2) is 4.20. The first kappa shape index (κ1) is 9.18. The molecule has 1 aromatic rings. The zero-order valence-corrected chi connectivity index (χ0v) is 7.03. The topological polar surface area (TPSA) is 69.5 Å². The largest absolute Gasteiger partial charge is 0.453 e. The number of carbonyl (C=O) groups is 2. The molecule has 13 heavy (non-hydrogen) atoms. The number of alkyl carbamates (subject to hydrolysis) is 1. The summed E-state index contributed by atoms with van der Waals surface area (Å²) >= 11 is 0. The quantitative estimate of drug-likeness (QED) is 0.662. The van der Waals surface area contributed by atoms with E-state index in [4.69, 9.17) is 0 Å². The van der Waals surface area contributed by atoms with Gasteiger partial charge >= 0.3 is 6.09 Å². The normalized spacial score (nSPS) is 9.00. The molecule has 2 N–H and O–H groups in total. The van der Waals surface area contributed by atoms with E-state index >= 15 is 0 Å². The van der Waals surface area contributed by atoms with Crippen molar-refractivity contribution in [1.29, 1.82) is 0 Å². The van der Waals surface area contributed by atoms with Crippen molar-refractivity contribution in [3.63, 3.8) is 0 Å². The minimum atomic E-state index is -0.766. The summed E-state index contributed by atoms with van der Waals surface area (Å²) in [5.41, 5.74) is 0.393. The van der Waals surface area contributed by atoms with E-state index in [2.05, 4.69) is 9.72 Å². The molecule has 0 atom stereocenters. The molecule has 5 heteroatoms. The number of ether oxygens (including phenoxy) is 1. The van der Waals surface area contributed by atoms with Crippen LogP contribution in [0.15, 0.2) is 24.5 Å². The van der Waals surface area contributed by atoms with E-state index in [0.29, 0.717) is 5.56 Å². The van der Waals surface area contributed by atoms with Crippen LogP contribution in [0.25, 0.3) is 0 Å². The highest BCUT2D eigenvalue weighted by atomic mass is 16.5. The molecule has 1 rings (SSSR count). The van der Waals surface area contributed by atoms with Crippen LogP contribution in [0.2, 0.25) is 0 Å². The molecule has 1 aromatic heterocycles. The number of imide groups is 1. The van der Waals surface area contributed by atoms with Gasteiger partial charge in [0, 0.05) is 12.1 Å².